The number of pyridine rings is 2. The van der Waals surface area contributed by atoms with Crippen LogP contribution in [0.4, 0.5) is 0 Å². The number of nitrogens with zero attached hydrogens (tertiary/aromatic N) is 5. The first kappa shape index (κ1) is 16.3. The quantitative estimate of drug-likeness (QED) is 0.576. The van der Waals surface area contributed by atoms with E-state index in [9.17, 15) is 9.59 Å². The van der Waals surface area contributed by atoms with E-state index >= 15 is 0 Å². The molecule has 0 aliphatic carbocycles. The van der Waals surface area contributed by atoms with E-state index in [0.717, 1.165) is 0 Å². The molecule has 0 bridgehead atoms. The molecule has 0 saturated heterocycles. The number of carboxylic acids is 1. The topological polar surface area (TPSA) is 101 Å². The fourth-order valence-electron chi connectivity index (χ4n) is 2.24. The second-order valence-electron chi connectivity index (χ2n) is 5.54. The molecule has 0 saturated carbocycles. The average molecular weight is 337 g/mol. The minimum Gasteiger partial charge on any atom is -0.478 e. The molecule has 0 unspecified atom stereocenters. The van der Waals surface area contributed by atoms with Gasteiger partial charge in [-0.2, -0.15) is 4.99 Å². The fourth-order valence-corrected chi connectivity index (χ4v) is 2.24. The molecule has 1 amide bonds. The van der Waals surface area contributed by atoms with Crippen molar-refractivity contribution in [1.29, 1.82) is 0 Å². The van der Waals surface area contributed by atoms with Gasteiger partial charge in [0.2, 0.25) is 0 Å². The predicted molar refractivity (Wildman–Crippen MR) is 92.3 cm³/mol. The summed E-state index contributed by atoms with van der Waals surface area (Å²) in [6.07, 6.45) is 6.04. The van der Waals surface area contributed by atoms with Crippen molar-refractivity contribution in [3.05, 3.63) is 54.1 Å². The van der Waals surface area contributed by atoms with Crippen molar-refractivity contribution in [1.82, 2.24) is 19.4 Å². The summed E-state index contributed by atoms with van der Waals surface area (Å²) in [6, 6.07) is 6.65. The summed E-state index contributed by atoms with van der Waals surface area (Å²) >= 11 is 0. The lowest BCUT2D eigenvalue weighted by molar-refractivity contribution is 0.0696. The maximum atomic E-state index is 11.9. The van der Waals surface area contributed by atoms with Gasteiger partial charge in [-0.1, -0.05) is 0 Å². The van der Waals surface area contributed by atoms with E-state index in [0.29, 0.717) is 16.7 Å². The van der Waals surface area contributed by atoms with Gasteiger partial charge >= 0.3 is 5.97 Å². The van der Waals surface area contributed by atoms with E-state index in [4.69, 9.17) is 5.11 Å². The van der Waals surface area contributed by atoms with Gasteiger partial charge in [0.05, 0.1) is 23.8 Å². The van der Waals surface area contributed by atoms with E-state index in [2.05, 4.69) is 15.0 Å². The molecule has 0 aliphatic heterocycles. The highest BCUT2D eigenvalue weighted by Gasteiger charge is 2.10. The molecule has 3 heterocycles. The summed E-state index contributed by atoms with van der Waals surface area (Å²) < 4.78 is 1.77. The van der Waals surface area contributed by atoms with Crippen LogP contribution in [-0.4, -0.2) is 56.9 Å². The first-order valence-electron chi connectivity index (χ1n) is 7.37. The first-order chi connectivity index (χ1) is 12.0. The monoisotopic (exact) mass is 337 g/mol. The normalized spacial score (nSPS) is 11.1. The number of hydrogen-bond donors (Lipinski definition) is 1. The zero-order valence-electron chi connectivity index (χ0n) is 13.6. The molecule has 3 rings (SSSR count). The summed E-state index contributed by atoms with van der Waals surface area (Å²) in [5.41, 5.74) is 1.68. The lowest BCUT2D eigenvalue weighted by Gasteiger charge is -2.05. The number of amides is 1. The SMILES string of the molecule is CN(C)/C=N/C(=O)c1ccc(-n2ccc3cc(C(=O)O)cnc32)cn1. The van der Waals surface area contributed by atoms with Crippen LogP contribution in [0, 0.1) is 0 Å². The van der Waals surface area contributed by atoms with Gasteiger partial charge in [0.25, 0.3) is 5.91 Å². The highest BCUT2D eigenvalue weighted by Crippen LogP contribution is 2.19. The van der Waals surface area contributed by atoms with Gasteiger partial charge in [-0.3, -0.25) is 9.36 Å². The second-order valence-corrected chi connectivity index (χ2v) is 5.54. The summed E-state index contributed by atoms with van der Waals surface area (Å²) in [6.45, 7) is 0. The van der Waals surface area contributed by atoms with E-state index < -0.39 is 11.9 Å². The van der Waals surface area contributed by atoms with Gasteiger partial charge in [0.1, 0.15) is 11.3 Å². The maximum absolute atomic E-state index is 11.9. The lowest BCUT2D eigenvalue weighted by Crippen LogP contribution is -2.10. The number of carbonyl (C=O) groups excluding carboxylic acids is 1. The Balaban J connectivity index is 1.91. The van der Waals surface area contributed by atoms with Crippen LogP contribution in [0.1, 0.15) is 20.8 Å². The van der Waals surface area contributed by atoms with Gasteiger partial charge in [0.15, 0.2) is 0 Å². The molecule has 0 fully saturated rings. The largest absolute Gasteiger partial charge is 0.478 e. The Labute approximate surface area is 143 Å². The van der Waals surface area contributed by atoms with Crippen molar-refractivity contribution < 1.29 is 14.7 Å². The van der Waals surface area contributed by atoms with Crippen LogP contribution < -0.4 is 0 Å². The highest BCUT2D eigenvalue weighted by atomic mass is 16.4. The molecule has 3 aromatic rings. The minimum absolute atomic E-state index is 0.128. The summed E-state index contributed by atoms with van der Waals surface area (Å²) in [5, 5.41) is 9.73. The van der Waals surface area contributed by atoms with Crippen LogP contribution in [0.2, 0.25) is 0 Å². The summed E-state index contributed by atoms with van der Waals surface area (Å²) in [7, 11) is 3.54. The third-order valence-electron chi connectivity index (χ3n) is 3.42. The number of aliphatic imine (C=N–C) groups is 1. The van der Waals surface area contributed by atoms with Gasteiger partial charge in [-0.05, 0) is 24.3 Å². The van der Waals surface area contributed by atoms with Crippen molar-refractivity contribution in [3.8, 4) is 5.69 Å². The zero-order valence-corrected chi connectivity index (χ0v) is 13.6. The molecule has 3 aromatic heterocycles. The maximum Gasteiger partial charge on any atom is 0.337 e. The predicted octanol–water partition coefficient (Wildman–Crippen LogP) is 1.85. The molecule has 25 heavy (non-hydrogen) atoms. The Morgan fingerprint density at radius 3 is 2.64 bits per heavy atom. The molecule has 0 aliphatic rings. The van der Waals surface area contributed by atoms with Gasteiger partial charge in [-0.15, -0.1) is 0 Å². The van der Waals surface area contributed by atoms with Gasteiger partial charge < -0.3 is 10.0 Å². The molecule has 126 valence electrons. The van der Waals surface area contributed by atoms with Crippen LogP contribution in [0.15, 0.2) is 47.8 Å². The van der Waals surface area contributed by atoms with Crippen molar-refractivity contribution in [3.63, 3.8) is 0 Å². The van der Waals surface area contributed by atoms with Crippen LogP contribution in [0.25, 0.3) is 16.7 Å². The van der Waals surface area contributed by atoms with E-state index in [1.165, 1.54) is 12.5 Å². The fraction of sp³-hybridized carbons (Fsp3) is 0.118. The van der Waals surface area contributed by atoms with Crippen LogP contribution in [-0.2, 0) is 0 Å². The molecule has 0 spiro atoms. The molecular weight excluding hydrogens is 322 g/mol. The number of aromatic carboxylic acids is 1. The Bertz CT molecular complexity index is 974. The molecule has 8 nitrogen and oxygen atoms in total. The van der Waals surface area contributed by atoms with Gasteiger partial charge in [0, 0.05) is 31.9 Å². The van der Waals surface area contributed by atoms with Crippen molar-refractivity contribution in [2.45, 2.75) is 0 Å². The minimum atomic E-state index is -1.02. The highest BCUT2D eigenvalue weighted by molar-refractivity contribution is 5.97. The van der Waals surface area contributed by atoms with Gasteiger partial charge in [-0.25, -0.2) is 14.8 Å². The molecular formula is C17H15N5O3. The molecule has 0 aromatic carbocycles. The Kier molecular flexibility index (Phi) is 4.25. The second kappa shape index (κ2) is 6.52. The Morgan fingerprint density at radius 1 is 1.20 bits per heavy atom. The molecule has 1 N–H and O–H groups in total. The summed E-state index contributed by atoms with van der Waals surface area (Å²) in [4.78, 5) is 36.7. The number of fused-ring (bicyclic) bond motifs is 1. The van der Waals surface area contributed by atoms with Crippen molar-refractivity contribution in [2.75, 3.05) is 14.1 Å². The van der Waals surface area contributed by atoms with Crippen LogP contribution >= 0.6 is 0 Å². The molecule has 0 radical (unpaired) electrons. The number of carboxylic acid groups (broad SMARTS) is 1. The Hall–Kier alpha value is -3.55. The third-order valence-corrected chi connectivity index (χ3v) is 3.42. The molecule has 8 heteroatoms. The number of hydrogen-bond acceptors (Lipinski definition) is 4. The number of aromatic nitrogens is 3. The van der Waals surface area contributed by atoms with E-state index in [1.807, 2.05) is 0 Å². The Morgan fingerprint density at radius 2 is 2.00 bits per heavy atom. The van der Waals surface area contributed by atoms with E-state index in [-0.39, 0.29) is 11.3 Å². The van der Waals surface area contributed by atoms with Crippen molar-refractivity contribution >= 4 is 29.2 Å². The average Bonchev–Trinajstić information content (AvgIpc) is 3.02. The third kappa shape index (κ3) is 3.37. The van der Waals surface area contributed by atoms with Crippen molar-refractivity contribution in [2.24, 2.45) is 4.99 Å². The van der Waals surface area contributed by atoms with E-state index in [1.54, 1.807) is 60.2 Å². The first-order valence-corrected chi connectivity index (χ1v) is 7.37. The smallest absolute Gasteiger partial charge is 0.337 e. The summed E-state index contributed by atoms with van der Waals surface area (Å²) in [5.74, 6) is -1.45. The van der Waals surface area contributed by atoms with Crippen LogP contribution in [0.3, 0.4) is 0 Å². The lowest BCUT2D eigenvalue weighted by atomic mass is 10.2. The van der Waals surface area contributed by atoms with Crippen LogP contribution in [0.5, 0.6) is 0 Å². The standard InChI is InChI=1S/C17H15N5O3/c1-21(2)10-20-16(23)14-4-3-13(9-18-14)22-6-5-11-7-12(17(24)25)8-19-15(11)22/h3-10H,1-2H3,(H,24,25)/b20-10+. The number of carbonyl (C=O) groups is 2. The molecule has 0 atom stereocenters. The number of rotatable bonds is 4. The zero-order chi connectivity index (χ0) is 18.0.